The first-order chi connectivity index (χ1) is 11.1. The first-order valence-corrected chi connectivity index (χ1v) is 6.65. The van der Waals surface area contributed by atoms with E-state index in [9.17, 15) is 14.9 Å². The van der Waals surface area contributed by atoms with Crippen molar-refractivity contribution in [1.29, 1.82) is 0 Å². The topological polar surface area (TPSA) is 103 Å². The summed E-state index contributed by atoms with van der Waals surface area (Å²) in [5.41, 5.74) is 0.553. The van der Waals surface area contributed by atoms with Gasteiger partial charge < -0.3 is 5.32 Å². The number of benzene rings is 1. The summed E-state index contributed by atoms with van der Waals surface area (Å²) in [5, 5.41) is 17.4. The monoisotopic (exact) mass is 309 g/mol. The van der Waals surface area contributed by atoms with Gasteiger partial charge in [0.15, 0.2) is 5.82 Å². The Balaban J connectivity index is 1.75. The first-order valence-electron chi connectivity index (χ1n) is 6.65. The number of pyridine rings is 1. The van der Waals surface area contributed by atoms with Gasteiger partial charge in [0.05, 0.1) is 16.8 Å². The minimum absolute atomic E-state index is 0.134. The molecule has 0 saturated carbocycles. The lowest BCUT2D eigenvalue weighted by atomic mass is 10.2. The summed E-state index contributed by atoms with van der Waals surface area (Å²) in [7, 11) is 0. The Morgan fingerprint density at radius 2 is 2.09 bits per heavy atom. The highest BCUT2D eigenvalue weighted by Crippen LogP contribution is 2.15. The van der Waals surface area contributed by atoms with Crippen molar-refractivity contribution in [2.45, 2.75) is 0 Å². The number of nitrogens with zero attached hydrogens (tertiary/aromatic N) is 4. The number of carbonyl (C=O) groups is 1. The smallest absolute Gasteiger partial charge is 0.270 e. The molecule has 0 unspecified atom stereocenters. The van der Waals surface area contributed by atoms with E-state index in [0.29, 0.717) is 11.5 Å². The van der Waals surface area contributed by atoms with E-state index < -0.39 is 10.8 Å². The zero-order valence-electron chi connectivity index (χ0n) is 11.8. The van der Waals surface area contributed by atoms with E-state index in [1.165, 1.54) is 30.5 Å². The van der Waals surface area contributed by atoms with Crippen LogP contribution in [-0.2, 0) is 0 Å². The van der Waals surface area contributed by atoms with Gasteiger partial charge in [0, 0.05) is 30.1 Å². The summed E-state index contributed by atoms with van der Waals surface area (Å²) >= 11 is 0. The van der Waals surface area contributed by atoms with Crippen LogP contribution >= 0.6 is 0 Å². The number of nitro groups is 1. The molecule has 1 amide bonds. The molecule has 3 rings (SSSR count). The SMILES string of the molecule is O=C(Nc1ccc(-n2cccn2)nc1)c1cccc([N+](=O)[O-])c1. The normalized spacial score (nSPS) is 10.3. The molecule has 8 heteroatoms. The highest BCUT2D eigenvalue weighted by molar-refractivity contribution is 6.04. The highest BCUT2D eigenvalue weighted by Gasteiger charge is 2.11. The Labute approximate surface area is 130 Å². The Kier molecular flexibility index (Phi) is 3.79. The molecule has 0 aliphatic rings. The third kappa shape index (κ3) is 3.21. The molecule has 23 heavy (non-hydrogen) atoms. The lowest BCUT2D eigenvalue weighted by Crippen LogP contribution is -2.12. The number of nitro benzene ring substituents is 1. The van der Waals surface area contributed by atoms with E-state index in [2.05, 4.69) is 15.4 Å². The van der Waals surface area contributed by atoms with Crippen LogP contribution in [-0.4, -0.2) is 25.6 Å². The van der Waals surface area contributed by atoms with Crippen LogP contribution in [0.4, 0.5) is 11.4 Å². The Bertz CT molecular complexity index is 844. The molecular formula is C15H11N5O3. The number of carbonyl (C=O) groups excluding carboxylic acids is 1. The number of non-ortho nitro benzene ring substituents is 1. The molecule has 1 N–H and O–H groups in total. The number of hydrogen-bond donors (Lipinski definition) is 1. The molecule has 0 fully saturated rings. The van der Waals surface area contributed by atoms with Gasteiger partial charge in [-0.25, -0.2) is 9.67 Å². The Hall–Kier alpha value is -3.55. The van der Waals surface area contributed by atoms with Crippen LogP contribution in [0.15, 0.2) is 61.1 Å². The lowest BCUT2D eigenvalue weighted by Gasteiger charge is -2.06. The molecule has 0 aliphatic heterocycles. The second-order valence-corrected chi connectivity index (χ2v) is 4.62. The van der Waals surface area contributed by atoms with Crippen molar-refractivity contribution in [3.8, 4) is 5.82 Å². The highest BCUT2D eigenvalue weighted by atomic mass is 16.6. The summed E-state index contributed by atoms with van der Waals surface area (Å²) in [6.07, 6.45) is 4.88. The van der Waals surface area contributed by atoms with Crippen LogP contribution in [0.2, 0.25) is 0 Å². The molecule has 0 saturated heterocycles. The van der Waals surface area contributed by atoms with Crippen molar-refractivity contribution in [1.82, 2.24) is 14.8 Å². The molecule has 0 radical (unpaired) electrons. The predicted octanol–water partition coefficient (Wildman–Crippen LogP) is 2.43. The third-order valence-corrected chi connectivity index (χ3v) is 3.06. The minimum atomic E-state index is -0.544. The van der Waals surface area contributed by atoms with Crippen molar-refractivity contribution in [2.24, 2.45) is 0 Å². The molecule has 2 aromatic heterocycles. The van der Waals surface area contributed by atoms with Gasteiger partial charge in [0.2, 0.25) is 0 Å². The maximum absolute atomic E-state index is 12.1. The largest absolute Gasteiger partial charge is 0.321 e. The van der Waals surface area contributed by atoms with Crippen LogP contribution in [0.1, 0.15) is 10.4 Å². The van der Waals surface area contributed by atoms with Crippen LogP contribution in [0.3, 0.4) is 0 Å². The number of amides is 1. The van der Waals surface area contributed by atoms with Crippen molar-refractivity contribution in [3.63, 3.8) is 0 Å². The molecule has 0 atom stereocenters. The van der Waals surface area contributed by atoms with E-state index in [0.717, 1.165) is 0 Å². The van der Waals surface area contributed by atoms with Crippen molar-refractivity contribution in [3.05, 3.63) is 76.7 Å². The molecule has 8 nitrogen and oxygen atoms in total. The van der Waals surface area contributed by atoms with Gasteiger partial charge in [-0.1, -0.05) is 6.07 Å². The van der Waals surface area contributed by atoms with Gasteiger partial charge >= 0.3 is 0 Å². The first kappa shape index (κ1) is 14.4. The van der Waals surface area contributed by atoms with E-state index >= 15 is 0 Å². The molecule has 0 bridgehead atoms. The van der Waals surface area contributed by atoms with E-state index in [1.807, 2.05) is 0 Å². The standard InChI is InChI=1S/C15H11N5O3/c21-15(11-3-1-4-13(9-11)20(22)23)18-12-5-6-14(16-10-12)19-8-2-7-17-19/h1-10H,(H,18,21). The maximum atomic E-state index is 12.1. The predicted molar refractivity (Wildman–Crippen MR) is 82.4 cm³/mol. The average Bonchev–Trinajstić information content (AvgIpc) is 3.10. The fraction of sp³-hybridized carbons (Fsp3) is 0. The fourth-order valence-electron chi connectivity index (χ4n) is 1.96. The molecule has 114 valence electrons. The van der Waals surface area contributed by atoms with Gasteiger partial charge in [0.1, 0.15) is 0 Å². The minimum Gasteiger partial charge on any atom is -0.321 e. The molecule has 1 aromatic carbocycles. The summed E-state index contributed by atoms with van der Waals surface area (Å²) in [5.74, 6) is 0.172. The summed E-state index contributed by atoms with van der Waals surface area (Å²) < 4.78 is 1.59. The van der Waals surface area contributed by atoms with Crippen LogP contribution < -0.4 is 5.32 Å². The number of rotatable bonds is 4. The van der Waals surface area contributed by atoms with E-state index in [4.69, 9.17) is 0 Å². The molecule has 2 heterocycles. The third-order valence-electron chi connectivity index (χ3n) is 3.06. The number of hydrogen-bond acceptors (Lipinski definition) is 5. The second-order valence-electron chi connectivity index (χ2n) is 4.62. The zero-order valence-corrected chi connectivity index (χ0v) is 11.8. The average molecular weight is 309 g/mol. The number of nitrogens with one attached hydrogen (secondary N) is 1. The van der Waals surface area contributed by atoms with E-state index in [1.54, 1.807) is 35.3 Å². The Morgan fingerprint density at radius 3 is 2.74 bits per heavy atom. The number of aromatic nitrogens is 3. The van der Waals surface area contributed by atoms with Crippen molar-refractivity contribution in [2.75, 3.05) is 5.32 Å². The molecule has 0 aliphatic carbocycles. The van der Waals surface area contributed by atoms with Gasteiger partial charge in [-0.05, 0) is 24.3 Å². The summed E-state index contributed by atoms with van der Waals surface area (Å²) in [4.78, 5) is 26.5. The maximum Gasteiger partial charge on any atom is 0.270 e. The lowest BCUT2D eigenvalue weighted by molar-refractivity contribution is -0.384. The quantitative estimate of drug-likeness (QED) is 0.589. The van der Waals surface area contributed by atoms with Crippen molar-refractivity contribution >= 4 is 17.3 Å². The van der Waals surface area contributed by atoms with Crippen LogP contribution in [0.5, 0.6) is 0 Å². The number of anilines is 1. The summed E-state index contributed by atoms with van der Waals surface area (Å²) in [6.45, 7) is 0. The van der Waals surface area contributed by atoms with E-state index in [-0.39, 0.29) is 11.3 Å². The molecule has 0 spiro atoms. The molecular weight excluding hydrogens is 298 g/mol. The zero-order chi connectivity index (χ0) is 16.2. The fourth-order valence-corrected chi connectivity index (χ4v) is 1.96. The van der Waals surface area contributed by atoms with Gasteiger partial charge in [-0.2, -0.15) is 5.10 Å². The second kappa shape index (κ2) is 6.06. The summed E-state index contributed by atoms with van der Waals surface area (Å²) in [6, 6.07) is 10.7. The van der Waals surface area contributed by atoms with Gasteiger partial charge in [-0.15, -0.1) is 0 Å². The Morgan fingerprint density at radius 1 is 1.22 bits per heavy atom. The van der Waals surface area contributed by atoms with Gasteiger partial charge in [-0.3, -0.25) is 14.9 Å². The van der Waals surface area contributed by atoms with Crippen LogP contribution in [0.25, 0.3) is 5.82 Å². The van der Waals surface area contributed by atoms with Gasteiger partial charge in [0.25, 0.3) is 11.6 Å². The van der Waals surface area contributed by atoms with Crippen molar-refractivity contribution < 1.29 is 9.72 Å². The van der Waals surface area contributed by atoms with Crippen LogP contribution in [0, 0.1) is 10.1 Å². The molecule has 3 aromatic rings.